The summed E-state index contributed by atoms with van der Waals surface area (Å²) in [5, 5.41) is 7.27. The maximum Gasteiger partial charge on any atom is 0.243 e. The van der Waals surface area contributed by atoms with Crippen LogP contribution in [0.3, 0.4) is 0 Å². The van der Waals surface area contributed by atoms with Gasteiger partial charge in [0.2, 0.25) is 5.89 Å². The van der Waals surface area contributed by atoms with Crippen LogP contribution in [0, 0.1) is 6.92 Å². The van der Waals surface area contributed by atoms with E-state index in [2.05, 4.69) is 47.5 Å². The minimum atomic E-state index is 0.105. The Balaban J connectivity index is 2.06. The van der Waals surface area contributed by atoms with E-state index in [1.165, 1.54) is 11.1 Å². The maximum absolute atomic E-state index is 5.26. The summed E-state index contributed by atoms with van der Waals surface area (Å²) in [6.07, 6.45) is 0.712. The standard InChI is InChI=1S/C14H19N3O/c1-4-15-11(3)14-16-13(17-18-14)9-12-7-5-6-10(2)8-12/h5-8,11,15H,4,9H2,1-3H3. The zero-order valence-electron chi connectivity index (χ0n) is 11.1. The number of rotatable bonds is 5. The Morgan fingerprint density at radius 1 is 1.39 bits per heavy atom. The van der Waals surface area contributed by atoms with E-state index < -0.39 is 0 Å². The molecule has 0 saturated heterocycles. The molecule has 4 nitrogen and oxygen atoms in total. The van der Waals surface area contributed by atoms with Gasteiger partial charge in [-0.25, -0.2) is 0 Å². The largest absolute Gasteiger partial charge is 0.338 e. The smallest absolute Gasteiger partial charge is 0.243 e. The fraction of sp³-hybridized carbons (Fsp3) is 0.429. The van der Waals surface area contributed by atoms with Crippen molar-refractivity contribution in [3.8, 4) is 0 Å². The average molecular weight is 245 g/mol. The molecule has 1 unspecified atom stereocenters. The molecular weight excluding hydrogens is 226 g/mol. The molecule has 4 heteroatoms. The molecule has 0 amide bonds. The van der Waals surface area contributed by atoms with Gasteiger partial charge in [-0.05, 0) is 26.0 Å². The van der Waals surface area contributed by atoms with Crippen LogP contribution in [-0.2, 0) is 6.42 Å². The number of benzene rings is 1. The first-order valence-corrected chi connectivity index (χ1v) is 6.30. The molecule has 0 aliphatic rings. The predicted molar refractivity (Wildman–Crippen MR) is 70.4 cm³/mol. The van der Waals surface area contributed by atoms with E-state index in [-0.39, 0.29) is 6.04 Å². The zero-order chi connectivity index (χ0) is 13.0. The lowest BCUT2D eigenvalue weighted by Crippen LogP contribution is -2.17. The van der Waals surface area contributed by atoms with Crippen molar-refractivity contribution in [3.63, 3.8) is 0 Å². The van der Waals surface area contributed by atoms with Gasteiger partial charge in [0.1, 0.15) is 0 Å². The summed E-state index contributed by atoms with van der Waals surface area (Å²) >= 11 is 0. The summed E-state index contributed by atoms with van der Waals surface area (Å²) < 4.78 is 5.26. The highest BCUT2D eigenvalue weighted by Crippen LogP contribution is 2.12. The van der Waals surface area contributed by atoms with Crippen molar-refractivity contribution in [1.82, 2.24) is 15.5 Å². The van der Waals surface area contributed by atoms with E-state index in [9.17, 15) is 0 Å². The SMILES string of the molecule is CCNC(C)c1nc(Cc2cccc(C)c2)no1. The number of aryl methyl sites for hydroxylation is 1. The van der Waals surface area contributed by atoms with Crippen LogP contribution in [0.1, 0.15) is 42.7 Å². The second-order valence-corrected chi connectivity index (χ2v) is 4.49. The molecule has 1 N–H and O–H groups in total. The Kier molecular flexibility index (Phi) is 4.10. The fourth-order valence-electron chi connectivity index (χ4n) is 1.91. The number of aromatic nitrogens is 2. The van der Waals surface area contributed by atoms with Gasteiger partial charge in [-0.15, -0.1) is 0 Å². The lowest BCUT2D eigenvalue weighted by atomic mass is 10.1. The van der Waals surface area contributed by atoms with Gasteiger partial charge in [-0.3, -0.25) is 0 Å². The topological polar surface area (TPSA) is 51.0 Å². The van der Waals surface area contributed by atoms with E-state index in [0.29, 0.717) is 12.3 Å². The number of nitrogens with zero attached hydrogens (tertiary/aromatic N) is 2. The van der Waals surface area contributed by atoms with Crippen molar-refractivity contribution in [2.45, 2.75) is 33.2 Å². The molecule has 18 heavy (non-hydrogen) atoms. The van der Waals surface area contributed by atoms with Gasteiger partial charge < -0.3 is 9.84 Å². The fourth-order valence-corrected chi connectivity index (χ4v) is 1.91. The molecule has 0 aliphatic heterocycles. The highest BCUT2D eigenvalue weighted by molar-refractivity contribution is 5.24. The molecule has 0 bridgehead atoms. The highest BCUT2D eigenvalue weighted by atomic mass is 16.5. The molecule has 0 aliphatic carbocycles. The first kappa shape index (κ1) is 12.8. The zero-order valence-corrected chi connectivity index (χ0v) is 11.1. The van der Waals surface area contributed by atoms with Gasteiger partial charge >= 0.3 is 0 Å². The van der Waals surface area contributed by atoms with Crippen LogP contribution in [-0.4, -0.2) is 16.7 Å². The van der Waals surface area contributed by atoms with Gasteiger partial charge in [0.15, 0.2) is 5.82 Å². The molecule has 1 heterocycles. The normalized spacial score (nSPS) is 12.6. The summed E-state index contributed by atoms with van der Waals surface area (Å²) in [6, 6.07) is 8.46. The Hall–Kier alpha value is -1.68. The molecule has 0 spiro atoms. The summed E-state index contributed by atoms with van der Waals surface area (Å²) in [4.78, 5) is 4.41. The van der Waals surface area contributed by atoms with E-state index in [4.69, 9.17) is 4.52 Å². The van der Waals surface area contributed by atoms with Gasteiger partial charge in [-0.2, -0.15) is 4.98 Å². The van der Waals surface area contributed by atoms with E-state index in [1.807, 2.05) is 13.0 Å². The van der Waals surface area contributed by atoms with Crippen LogP contribution in [0.2, 0.25) is 0 Å². The Bertz CT molecular complexity index is 507. The van der Waals surface area contributed by atoms with E-state index in [0.717, 1.165) is 12.4 Å². The molecule has 0 fully saturated rings. The Morgan fingerprint density at radius 2 is 2.22 bits per heavy atom. The summed E-state index contributed by atoms with van der Waals surface area (Å²) in [5.41, 5.74) is 2.45. The van der Waals surface area contributed by atoms with Gasteiger partial charge in [0.25, 0.3) is 0 Å². The van der Waals surface area contributed by atoms with Gasteiger partial charge in [0, 0.05) is 6.42 Å². The first-order valence-electron chi connectivity index (χ1n) is 6.30. The third kappa shape index (κ3) is 3.17. The summed E-state index contributed by atoms with van der Waals surface area (Å²) in [7, 11) is 0. The predicted octanol–water partition coefficient (Wildman–Crippen LogP) is 2.64. The number of hydrogen-bond donors (Lipinski definition) is 1. The summed E-state index contributed by atoms with van der Waals surface area (Å²) in [5.74, 6) is 1.39. The molecule has 2 aromatic rings. The van der Waals surface area contributed by atoms with Crippen LogP contribution < -0.4 is 5.32 Å². The average Bonchev–Trinajstić information content (AvgIpc) is 2.78. The summed E-state index contributed by atoms with van der Waals surface area (Å²) in [6.45, 7) is 7.04. The molecule has 1 aromatic carbocycles. The van der Waals surface area contributed by atoms with Crippen LogP contribution in [0.4, 0.5) is 0 Å². The first-order chi connectivity index (χ1) is 8.69. The number of nitrogens with one attached hydrogen (secondary N) is 1. The van der Waals surface area contributed by atoms with Crippen LogP contribution >= 0.6 is 0 Å². The quantitative estimate of drug-likeness (QED) is 0.879. The maximum atomic E-state index is 5.26. The van der Waals surface area contributed by atoms with Crippen molar-refractivity contribution in [2.24, 2.45) is 0 Å². The van der Waals surface area contributed by atoms with Gasteiger partial charge in [0.05, 0.1) is 6.04 Å². The van der Waals surface area contributed by atoms with Crippen molar-refractivity contribution in [1.29, 1.82) is 0 Å². The van der Waals surface area contributed by atoms with Crippen molar-refractivity contribution in [2.75, 3.05) is 6.54 Å². The third-order valence-corrected chi connectivity index (χ3v) is 2.81. The second-order valence-electron chi connectivity index (χ2n) is 4.49. The molecule has 1 atom stereocenters. The molecule has 96 valence electrons. The van der Waals surface area contributed by atoms with Crippen molar-refractivity contribution >= 4 is 0 Å². The second kappa shape index (κ2) is 5.78. The Morgan fingerprint density at radius 3 is 2.94 bits per heavy atom. The molecule has 2 rings (SSSR count). The molecule has 0 radical (unpaired) electrons. The van der Waals surface area contributed by atoms with Crippen molar-refractivity contribution in [3.05, 3.63) is 47.1 Å². The van der Waals surface area contributed by atoms with Crippen LogP contribution in [0.15, 0.2) is 28.8 Å². The highest BCUT2D eigenvalue weighted by Gasteiger charge is 2.13. The van der Waals surface area contributed by atoms with Crippen LogP contribution in [0.25, 0.3) is 0 Å². The molecule has 1 aromatic heterocycles. The van der Waals surface area contributed by atoms with E-state index in [1.54, 1.807) is 0 Å². The lowest BCUT2D eigenvalue weighted by Gasteiger charge is -2.05. The van der Waals surface area contributed by atoms with E-state index >= 15 is 0 Å². The third-order valence-electron chi connectivity index (χ3n) is 2.81. The number of hydrogen-bond acceptors (Lipinski definition) is 4. The Labute approximate surface area is 107 Å². The monoisotopic (exact) mass is 245 g/mol. The van der Waals surface area contributed by atoms with Crippen molar-refractivity contribution < 1.29 is 4.52 Å². The molecule has 0 saturated carbocycles. The molecular formula is C14H19N3O. The minimum absolute atomic E-state index is 0.105. The van der Waals surface area contributed by atoms with Crippen LogP contribution in [0.5, 0.6) is 0 Å². The van der Waals surface area contributed by atoms with Gasteiger partial charge in [-0.1, -0.05) is 41.9 Å². The lowest BCUT2D eigenvalue weighted by molar-refractivity contribution is 0.339. The minimum Gasteiger partial charge on any atom is -0.338 e.